The van der Waals surface area contributed by atoms with Crippen LogP contribution in [-0.2, 0) is 11.3 Å². The van der Waals surface area contributed by atoms with Crippen LogP contribution in [-0.4, -0.2) is 18.0 Å². The summed E-state index contributed by atoms with van der Waals surface area (Å²) in [5.74, 6) is -2.40. The van der Waals surface area contributed by atoms with Crippen LogP contribution in [0, 0.1) is 0 Å². The van der Waals surface area contributed by atoms with Gasteiger partial charge in [-0.05, 0) is 42.0 Å². The highest BCUT2D eigenvalue weighted by Gasteiger charge is 2.38. The van der Waals surface area contributed by atoms with Crippen molar-refractivity contribution in [2.45, 2.75) is 12.7 Å². The molecular formula is C16H12ClF3N2O2. The Kier molecular flexibility index (Phi) is 5.46. The van der Waals surface area contributed by atoms with Gasteiger partial charge in [-0.2, -0.15) is 13.2 Å². The second kappa shape index (κ2) is 7.35. The predicted octanol–water partition coefficient (Wildman–Crippen LogP) is 3.77. The summed E-state index contributed by atoms with van der Waals surface area (Å²) >= 11 is 5.73. The van der Waals surface area contributed by atoms with E-state index in [0.29, 0.717) is 16.1 Å². The van der Waals surface area contributed by atoms with Crippen molar-refractivity contribution in [1.82, 2.24) is 5.32 Å². The van der Waals surface area contributed by atoms with E-state index in [-0.39, 0.29) is 18.1 Å². The zero-order valence-electron chi connectivity index (χ0n) is 12.2. The third-order valence-corrected chi connectivity index (χ3v) is 3.25. The molecule has 0 aliphatic heterocycles. The van der Waals surface area contributed by atoms with Gasteiger partial charge in [-0.25, -0.2) is 0 Å². The van der Waals surface area contributed by atoms with E-state index in [1.807, 2.05) is 0 Å². The third kappa shape index (κ3) is 4.99. The number of carbonyl (C=O) groups excluding carboxylic acids is 2. The quantitative estimate of drug-likeness (QED) is 0.876. The van der Waals surface area contributed by atoms with Gasteiger partial charge in [0.05, 0.1) is 0 Å². The number of carbonyl (C=O) groups is 2. The maximum atomic E-state index is 12.2. The molecular weight excluding hydrogens is 345 g/mol. The lowest BCUT2D eigenvalue weighted by Gasteiger charge is -2.10. The van der Waals surface area contributed by atoms with E-state index in [0.717, 1.165) is 0 Å². The van der Waals surface area contributed by atoms with Crippen LogP contribution in [0.3, 0.4) is 0 Å². The Morgan fingerprint density at radius 2 is 1.71 bits per heavy atom. The molecule has 2 amide bonds. The van der Waals surface area contributed by atoms with E-state index in [2.05, 4.69) is 5.32 Å². The van der Waals surface area contributed by atoms with Gasteiger partial charge in [0.1, 0.15) is 0 Å². The highest BCUT2D eigenvalue weighted by atomic mass is 35.5. The Bertz CT molecular complexity index is 746. The van der Waals surface area contributed by atoms with Crippen LogP contribution in [0.25, 0.3) is 0 Å². The lowest BCUT2D eigenvalue weighted by atomic mass is 10.1. The molecule has 0 heterocycles. The molecule has 8 heteroatoms. The molecule has 0 aliphatic carbocycles. The Morgan fingerprint density at radius 1 is 1.04 bits per heavy atom. The first-order chi connectivity index (χ1) is 11.3. The summed E-state index contributed by atoms with van der Waals surface area (Å²) in [5.41, 5.74) is 0.939. The van der Waals surface area contributed by atoms with Crippen molar-refractivity contribution >= 4 is 29.1 Å². The highest BCUT2D eigenvalue weighted by Crippen LogP contribution is 2.19. The minimum atomic E-state index is -4.96. The molecule has 0 saturated carbocycles. The molecule has 0 bridgehead atoms. The van der Waals surface area contributed by atoms with Crippen LogP contribution < -0.4 is 10.6 Å². The van der Waals surface area contributed by atoms with Crippen LogP contribution >= 0.6 is 11.6 Å². The summed E-state index contributed by atoms with van der Waals surface area (Å²) in [5, 5.41) is 4.88. The molecule has 2 N–H and O–H groups in total. The maximum absolute atomic E-state index is 12.2. The number of amides is 2. The fraction of sp³-hybridized carbons (Fsp3) is 0.125. The van der Waals surface area contributed by atoms with Crippen LogP contribution in [0.4, 0.5) is 18.9 Å². The van der Waals surface area contributed by atoms with Crippen LogP contribution in [0.15, 0.2) is 48.5 Å². The van der Waals surface area contributed by atoms with Crippen LogP contribution in [0.1, 0.15) is 15.9 Å². The van der Waals surface area contributed by atoms with Gasteiger partial charge < -0.3 is 10.6 Å². The number of anilines is 1. The molecule has 0 aromatic heterocycles. The molecule has 24 heavy (non-hydrogen) atoms. The monoisotopic (exact) mass is 356 g/mol. The normalized spacial score (nSPS) is 11.0. The van der Waals surface area contributed by atoms with E-state index in [4.69, 9.17) is 11.6 Å². The minimum Gasteiger partial charge on any atom is -0.348 e. The molecule has 2 rings (SSSR count). The Morgan fingerprint density at radius 3 is 2.33 bits per heavy atom. The molecule has 126 valence electrons. The van der Waals surface area contributed by atoms with Crippen molar-refractivity contribution in [3.05, 3.63) is 64.7 Å². The van der Waals surface area contributed by atoms with Crippen LogP contribution in [0.5, 0.6) is 0 Å². The van der Waals surface area contributed by atoms with E-state index < -0.39 is 12.1 Å². The van der Waals surface area contributed by atoms with Gasteiger partial charge in [-0.3, -0.25) is 9.59 Å². The second-order valence-corrected chi connectivity index (χ2v) is 5.28. The molecule has 2 aromatic carbocycles. The number of hydrogen-bond acceptors (Lipinski definition) is 2. The van der Waals surface area contributed by atoms with Gasteiger partial charge in [0.15, 0.2) is 0 Å². The standard InChI is InChI=1S/C16H12ClF3N2O2/c17-12-6-4-11(5-7-12)14(23)21-9-10-2-1-3-13(8-10)22-15(24)16(18,19)20/h1-8H,9H2,(H,21,23)(H,22,24). The van der Waals surface area contributed by atoms with Crippen molar-refractivity contribution in [2.75, 3.05) is 5.32 Å². The number of alkyl halides is 3. The molecule has 0 fully saturated rings. The number of benzene rings is 2. The molecule has 0 spiro atoms. The fourth-order valence-corrected chi connectivity index (χ4v) is 1.97. The molecule has 0 atom stereocenters. The average Bonchev–Trinajstić information content (AvgIpc) is 2.53. The predicted molar refractivity (Wildman–Crippen MR) is 83.7 cm³/mol. The summed E-state index contributed by atoms with van der Waals surface area (Å²) in [6.07, 6.45) is -4.96. The lowest BCUT2D eigenvalue weighted by Crippen LogP contribution is -2.30. The third-order valence-electron chi connectivity index (χ3n) is 3.00. The smallest absolute Gasteiger partial charge is 0.348 e. The van der Waals surface area contributed by atoms with Gasteiger partial charge in [-0.1, -0.05) is 23.7 Å². The summed E-state index contributed by atoms with van der Waals surface area (Å²) in [4.78, 5) is 22.9. The second-order valence-electron chi connectivity index (χ2n) is 4.84. The topological polar surface area (TPSA) is 58.2 Å². The van der Waals surface area contributed by atoms with Crippen molar-refractivity contribution in [3.63, 3.8) is 0 Å². The van der Waals surface area contributed by atoms with Gasteiger partial charge in [0, 0.05) is 22.8 Å². The first-order valence-electron chi connectivity index (χ1n) is 6.76. The first kappa shape index (κ1) is 17.8. The lowest BCUT2D eigenvalue weighted by molar-refractivity contribution is -0.167. The molecule has 2 aromatic rings. The van der Waals surface area contributed by atoms with E-state index in [1.165, 1.54) is 18.2 Å². The largest absolute Gasteiger partial charge is 0.471 e. The highest BCUT2D eigenvalue weighted by molar-refractivity contribution is 6.30. The number of nitrogens with one attached hydrogen (secondary N) is 2. The maximum Gasteiger partial charge on any atom is 0.471 e. The first-order valence-corrected chi connectivity index (χ1v) is 7.14. The van der Waals surface area contributed by atoms with Crippen molar-refractivity contribution in [2.24, 2.45) is 0 Å². The van der Waals surface area contributed by atoms with Crippen molar-refractivity contribution in [3.8, 4) is 0 Å². The average molecular weight is 357 g/mol. The Hall–Kier alpha value is -2.54. The Labute approximate surface area is 140 Å². The molecule has 4 nitrogen and oxygen atoms in total. The SMILES string of the molecule is O=C(NCc1cccc(NC(=O)C(F)(F)F)c1)c1ccc(Cl)cc1. The minimum absolute atomic E-state index is 0.00410. The number of rotatable bonds is 4. The van der Waals surface area contributed by atoms with E-state index in [1.54, 1.807) is 35.6 Å². The zero-order chi connectivity index (χ0) is 17.7. The van der Waals surface area contributed by atoms with Gasteiger partial charge in [0.25, 0.3) is 5.91 Å². The number of halogens is 4. The molecule has 0 saturated heterocycles. The molecule has 0 unspecified atom stereocenters. The van der Waals surface area contributed by atoms with Gasteiger partial charge in [-0.15, -0.1) is 0 Å². The summed E-state index contributed by atoms with van der Waals surface area (Å²) in [6.45, 7) is 0.0944. The van der Waals surface area contributed by atoms with E-state index in [9.17, 15) is 22.8 Å². The Balaban J connectivity index is 1.98. The summed E-state index contributed by atoms with van der Waals surface area (Å²) in [6, 6.07) is 12.0. The van der Waals surface area contributed by atoms with Gasteiger partial charge >= 0.3 is 12.1 Å². The molecule has 0 radical (unpaired) electrons. The molecule has 0 aliphatic rings. The summed E-state index contributed by atoms with van der Waals surface area (Å²) < 4.78 is 36.7. The number of hydrogen-bond donors (Lipinski definition) is 2. The van der Waals surface area contributed by atoms with Crippen molar-refractivity contribution in [1.29, 1.82) is 0 Å². The fourth-order valence-electron chi connectivity index (χ4n) is 1.85. The van der Waals surface area contributed by atoms with Gasteiger partial charge in [0.2, 0.25) is 0 Å². The van der Waals surface area contributed by atoms with Crippen molar-refractivity contribution < 1.29 is 22.8 Å². The van der Waals surface area contributed by atoms with Crippen LogP contribution in [0.2, 0.25) is 5.02 Å². The summed E-state index contributed by atoms with van der Waals surface area (Å²) in [7, 11) is 0. The zero-order valence-corrected chi connectivity index (χ0v) is 12.9. The van der Waals surface area contributed by atoms with E-state index >= 15 is 0 Å².